The number of halogens is 1. The van der Waals surface area contributed by atoms with Crippen LogP contribution in [0.5, 0.6) is 0 Å². The van der Waals surface area contributed by atoms with Crippen molar-refractivity contribution in [1.82, 2.24) is 19.7 Å². The summed E-state index contributed by atoms with van der Waals surface area (Å²) in [7, 11) is 0. The number of aromatic nitrogens is 4. The molecule has 3 aromatic heterocycles. The van der Waals surface area contributed by atoms with Crippen molar-refractivity contribution in [3.8, 4) is 0 Å². The van der Waals surface area contributed by atoms with Gasteiger partial charge in [-0.25, -0.2) is 9.78 Å². The van der Waals surface area contributed by atoms with Crippen molar-refractivity contribution in [1.29, 1.82) is 0 Å². The van der Waals surface area contributed by atoms with E-state index in [-0.39, 0.29) is 6.54 Å². The molecule has 0 amide bonds. The number of fused-ring (bicyclic) bond motifs is 1. The summed E-state index contributed by atoms with van der Waals surface area (Å²) >= 11 is 6.89. The molecule has 0 atom stereocenters. The smallest absolute Gasteiger partial charge is 0.406 e. The normalized spacial score (nSPS) is 11.1. The third-order valence-electron chi connectivity index (χ3n) is 2.16. The van der Waals surface area contributed by atoms with Gasteiger partial charge in [0.15, 0.2) is 11.2 Å². The van der Waals surface area contributed by atoms with Gasteiger partial charge in [0.05, 0.1) is 6.54 Å². The number of hydrogen-bond donors (Lipinski definition) is 0. The zero-order valence-electron chi connectivity index (χ0n) is 8.33. The molecule has 0 bridgehead atoms. The molecule has 0 radical (unpaired) electrons. The van der Waals surface area contributed by atoms with E-state index in [0.29, 0.717) is 20.7 Å². The standard InChI is InChI=1S/C9H5ClN4O2S/c10-8-13-12-6(17-8)4-14-7-5(16-9(14)15)2-1-3-11-7/h1-3H,4H2. The van der Waals surface area contributed by atoms with Crippen molar-refractivity contribution in [3.05, 3.63) is 38.4 Å². The lowest BCUT2D eigenvalue weighted by Crippen LogP contribution is -2.15. The minimum atomic E-state index is -0.468. The van der Waals surface area contributed by atoms with Crippen LogP contribution >= 0.6 is 22.9 Å². The molecule has 0 aromatic carbocycles. The summed E-state index contributed by atoms with van der Waals surface area (Å²) in [5.74, 6) is -0.468. The monoisotopic (exact) mass is 268 g/mol. The third kappa shape index (κ3) is 1.83. The average Bonchev–Trinajstić information content (AvgIpc) is 2.85. The summed E-state index contributed by atoms with van der Waals surface area (Å²) in [5.41, 5.74) is 0.942. The van der Waals surface area contributed by atoms with Crippen molar-refractivity contribution in [3.63, 3.8) is 0 Å². The average molecular weight is 269 g/mol. The number of rotatable bonds is 2. The fourth-order valence-electron chi connectivity index (χ4n) is 1.47. The number of pyridine rings is 1. The Hall–Kier alpha value is -1.73. The molecular weight excluding hydrogens is 264 g/mol. The maximum absolute atomic E-state index is 11.6. The molecule has 86 valence electrons. The van der Waals surface area contributed by atoms with E-state index in [1.165, 1.54) is 15.9 Å². The molecule has 0 fully saturated rings. The van der Waals surface area contributed by atoms with Crippen LogP contribution in [0.2, 0.25) is 4.47 Å². The fraction of sp³-hybridized carbons (Fsp3) is 0.111. The Morgan fingerprint density at radius 2 is 2.35 bits per heavy atom. The van der Waals surface area contributed by atoms with Crippen LogP contribution in [0.15, 0.2) is 27.5 Å². The first-order valence-corrected chi connectivity index (χ1v) is 5.86. The van der Waals surface area contributed by atoms with Crippen molar-refractivity contribution in [2.24, 2.45) is 0 Å². The predicted octanol–water partition coefficient (Wildman–Crippen LogP) is 1.54. The van der Waals surface area contributed by atoms with E-state index >= 15 is 0 Å². The van der Waals surface area contributed by atoms with Gasteiger partial charge in [0.25, 0.3) is 0 Å². The van der Waals surface area contributed by atoms with Gasteiger partial charge in [0.1, 0.15) is 5.01 Å². The van der Waals surface area contributed by atoms with Gasteiger partial charge >= 0.3 is 5.76 Å². The van der Waals surface area contributed by atoms with E-state index in [4.69, 9.17) is 16.0 Å². The SMILES string of the molecule is O=c1oc2cccnc2n1Cc1nnc(Cl)s1. The number of hydrogen-bond acceptors (Lipinski definition) is 6. The third-order valence-corrected chi connectivity index (χ3v) is 3.16. The van der Waals surface area contributed by atoms with E-state index in [1.807, 2.05) is 0 Å². The lowest BCUT2D eigenvalue weighted by atomic mass is 10.4. The molecule has 3 aromatic rings. The van der Waals surface area contributed by atoms with Crippen LogP contribution in [-0.4, -0.2) is 19.7 Å². The molecule has 3 heterocycles. The van der Waals surface area contributed by atoms with E-state index < -0.39 is 5.76 Å². The Kier molecular flexibility index (Phi) is 2.41. The van der Waals surface area contributed by atoms with Gasteiger partial charge in [-0.05, 0) is 23.7 Å². The summed E-state index contributed by atoms with van der Waals surface area (Å²) in [6.45, 7) is 0.257. The van der Waals surface area contributed by atoms with Gasteiger partial charge in [-0.2, -0.15) is 0 Å². The second-order valence-electron chi connectivity index (χ2n) is 3.23. The zero-order chi connectivity index (χ0) is 11.8. The largest absolute Gasteiger partial charge is 0.421 e. The minimum absolute atomic E-state index is 0.257. The Labute approximate surface area is 103 Å². The molecule has 17 heavy (non-hydrogen) atoms. The first-order valence-electron chi connectivity index (χ1n) is 4.66. The first-order chi connectivity index (χ1) is 8.24. The maximum Gasteiger partial charge on any atom is 0.421 e. The van der Waals surface area contributed by atoms with Crippen LogP contribution in [0, 0.1) is 0 Å². The molecule has 0 aliphatic heterocycles. The molecule has 3 rings (SSSR count). The van der Waals surface area contributed by atoms with Crippen molar-refractivity contribution in [2.45, 2.75) is 6.54 Å². The van der Waals surface area contributed by atoms with Crippen LogP contribution in [-0.2, 0) is 6.54 Å². The van der Waals surface area contributed by atoms with Crippen molar-refractivity contribution >= 4 is 34.2 Å². The van der Waals surface area contributed by atoms with Crippen molar-refractivity contribution < 1.29 is 4.42 Å². The summed E-state index contributed by atoms with van der Waals surface area (Å²) < 4.78 is 6.78. The Morgan fingerprint density at radius 1 is 1.47 bits per heavy atom. The molecule has 0 aliphatic rings. The molecule has 0 N–H and O–H groups in total. The van der Waals surface area contributed by atoms with Crippen LogP contribution in [0.25, 0.3) is 11.2 Å². The van der Waals surface area contributed by atoms with E-state index in [0.717, 1.165) is 0 Å². The molecule has 0 spiro atoms. The zero-order valence-corrected chi connectivity index (χ0v) is 9.90. The van der Waals surface area contributed by atoms with Gasteiger partial charge in [-0.15, -0.1) is 10.2 Å². The lowest BCUT2D eigenvalue weighted by molar-refractivity contribution is 0.516. The minimum Gasteiger partial charge on any atom is -0.406 e. The molecule has 6 nitrogen and oxygen atoms in total. The molecule has 0 saturated heterocycles. The summed E-state index contributed by atoms with van der Waals surface area (Å²) in [4.78, 5) is 15.7. The highest BCUT2D eigenvalue weighted by Crippen LogP contribution is 2.17. The number of oxazole rings is 1. The number of nitrogens with zero attached hydrogens (tertiary/aromatic N) is 4. The van der Waals surface area contributed by atoms with Gasteiger partial charge in [-0.1, -0.05) is 11.3 Å². The predicted molar refractivity (Wildman–Crippen MR) is 62.3 cm³/mol. The van der Waals surface area contributed by atoms with E-state index in [2.05, 4.69) is 15.2 Å². The highest BCUT2D eigenvalue weighted by molar-refractivity contribution is 7.15. The summed E-state index contributed by atoms with van der Waals surface area (Å²) in [6, 6.07) is 3.39. The van der Waals surface area contributed by atoms with Crippen molar-refractivity contribution in [2.75, 3.05) is 0 Å². The van der Waals surface area contributed by atoms with E-state index in [9.17, 15) is 4.79 Å². The van der Waals surface area contributed by atoms with Gasteiger partial charge in [0.2, 0.25) is 4.47 Å². The van der Waals surface area contributed by atoms with Gasteiger partial charge < -0.3 is 4.42 Å². The van der Waals surface area contributed by atoms with Gasteiger partial charge in [-0.3, -0.25) is 4.57 Å². The van der Waals surface area contributed by atoms with Crippen LogP contribution in [0.4, 0.5) is 0 Å². The Morgan fingerprint density at radius 3 is 3.12 bits per heavy atom. The quantitative estimate of drug-likeness (QED) is 0.705. The van der Waals surface area contributed by atoms with E-state index in [1.54, 1.807) is 18.3 Å². The second-order valence-corrected chi connectivity index (χ2v) is 4.87. The Bertz CT molecular complexity index is 732. The molecular formula is C9H5ClN4O2S. The molecule has 8 heteroatoms. The topological polar surface area (TPSA) is 73.8 Å². The highest BCUT2D eigenvalue weighted by atomic mass is 35.5. The lowest BCUT2D eigenvalue weighted by Gasteiger charge is -1.95. The van der Waals surface area contributed by atoms with Crippen LogP contribution in [0.1, 0.15) is 5.01 Å². The van der Waals surface area contributed by atoms with Crippen LogP contribution < -0.4 is 5.76 Å². The fourth-order valence-corrected chi connectivity index (χ4v) is 2.33. The molecule has 0 unspecified atom stereocenters. The summed E-state index contributed by atoms with van der Waals surface area (Å²) in [6.07, 6.45) is 1.60. The maximum atomic E-state index is 11.6. The molecule has 0 aliphatic carbocycles. The second kappa shape index (κ2) is 3.94. The highest BCUT2D eigenvalue weighted by Gasteiger charge is 2.12. The summed E-state index contributed by atoms with van der Waals surface area (Å²) in [5, 5.41) is 8.15. The Balaban J connectivity index is 2.11. The first kappa shape index (κ1) is 10.4. The molecule has 0 saturated carbocycles. The van der Waals surface area contributed by atoms with Gasteiger partial charge in [0, 0.05) is 6.20 Å². The van der Waals surface area contributed by atoms with Crippen LogP contribution in [0.3, 0.4) is 0 Å².